The zero-order chi connectivity index (χ0) is 31.7. The molecule has 6 atom stereocenters. The molecule has 0 aromatic heterocycles. The predicted molar refractivity (Wildman–Crippen MR) is 171 cm³/mol. The van der Waals surface area contributed by atoms with Crippen molar-refractivity contribution in [2.75, 3.05) is 36.4 Å². The van der Waals surface area contributed by atoms with Gasteiger partial charge in [0.1, 0.15) is 0 Å². The monoisotopic (exact) mass is 645 g/mol. The lowest BCUT2D eigenvalue weighted by molar-refractivity contribution is -0.193. The second-order valence-corrected chi connectivity index (χ2v) is 14.4. The molecule has 9 heteroatoms. The van der Waals surface area contributed by atoms with Gasteiger partial charge in [0.25, 0.3) is 0 Å². The summed E-state index contributed by atoms with van der Waals surface area (Å²) >= 11 is 11.8. The topological polar surface area (TPSA) is 90.0 Å². The van der Waals surface area contributed by atoms with Crippen molar-refractivity contribution in [3.63, 3.8) is 0 Å². The van der Waals surface area contributed by atoms with E-state index in [1.807, 2.05) is 30.3 Å². The molecule has 0 amide bonds. The molecule has 5 rings (SSSR count). The van der Waals surface area contributed by atoms with Crippen LogP contribution in [0.25, 0.3) is 0 Å². The zero-order valence-electron chi connectivity index (χ0n) is 26.2. The van der Waals surface area contributed by atoms with Crippen LogP contribution < -0.4 is 4.90 Å². The number of Topliss-reactive ketones (excluding diaryl/α,β-unsaturated/α-hetero) is 1. The Morgan fingerprint density at radius 1 is 0.909 bits per heavy atom. The molecule has 4 aliphatic rings. The normalized spacial score (nSPS) is 32.5. The molecule has 240 valence electrons. The number of ketones is 2. The quantitative estimate of drug-likeness (QED) is 0.201. The van der Waals surface area contributed by atoms with Crippen LogP contribution in [-0.4, -0.2) is 60.6 Å². The summed E-state index contributed by atoms with van der Waals surface area (Å²) in [6.45, 7) is 6.79. The van der Waals surface area contributed by atoms with Crippen LogP contribution in [0.4, 0.5) is 5.69 Å². The molecule has 0 unspecified atom stereocenters. The molecule has 0 saturated heterocycles. The summed E-state index contributed by atoms with van der Waals surface area (Å²) in [6.07, 6.45) is 8.36. The molecule has 1 aromatic rings. The van der Waals surface area contributed by atoms with Gasteiger partial charge in [-0.2, -0.15) is 0 Å². The Morgan fingerprint density at radius 2 is 1.59 bits per heavy atom. The van der Waals surface area contributed by atoms with Crippen molar-refractivity contribution in [3.05, 3.63) is 41.5 Å². The number of allylic oxidation sites excluding steroid dienone is 1. The molecular weight excluding hydrogens is 601 g/mol. The number of fused-ring (bicyclic) bond motifs is 5. The van der Waals surface area contributed by atoms with Crippen LogP contribution in [0.1, 0.15) is 77.7 Å². The van der Waals surface area contributed by atoms with Crippen LogP contribution in [0.5, 0.6) is 0 Å². The molecule has 0 heterocycles. The highest BCUT2D eigenvalue weighted by Crippen LogP contribution is 2.68. The molecule has 0 N–H and O–H groups in total. The fourth-order valence-electron chi connectivity index (χ4n) is 9.35. The van der Waals surface area contributed by atoms with E-state index in [4.69, 9.17) is 32.7 Å². The fourth-order valence-corrected chi connectivity index (χ4v) is 9.76. The first-order valence-corrected chi connectivity index (χ1v) is 17.1. The van der Waals surface area contributed by atoms with Crippen molar-refractivity contribution >= 4 is 52.4 Å². The standard InChI is InChI=1S/C35H45Cl2NO6/c1-23(39)35(44-32(42)22-43-31(41)20-24-4-7-26(8-5-24)38(18-16-36)19-17-37)15-12-30-28-9-6-25-21-27(40)10-13-33(25,2)29(28)11-14-34(30,35)3/h4-5,7-8,21,28-30H,6,9-20,22H2,1-3H3/t28-,29+,30+,33+,34+,35+/m1/s1. The minimum atomic E-state index is -1.22. The summed E-state index contributed by atoms with van der Waals surface area (Å²) in [5.41, 5.74) is 1.35. The molecule has 1 aromatic carbocycles. The summed E-state index contributed by atoms with van der Waals surface area (Å²) in [5.74, 6) is 0.987. The lowest BCUT2D eigenvalue weighted by atomic mass is 9.46. The van der Waals surface area contributed by atoms with E-state index >= 15 is 0 Å². The number of anilines is 1. The van der Waals surface area contributed by atoms with Gasteiger partial charge in [-0.1, -0.05) is 31.6 Å². The van der Waals surface area contributed by atoms with Crippen LogP contribution in [0.15, 0.2) is 35.9 Å². The van der Waals surface area contributed by atoms with Gasteiger partial charge < -0.3 is 14.4 Å². The van der Waals surface area contributed by atoms with Crippen molar-refractivity contribution in [2.24, 2.45) is 28.6 Å². The first-order valence-electron chi connectivity index (χ1n) is 16.1. The van der Waals surface area contributed by atoms with Crippen molar-refractivity contribution in [1.29, 1.82) is 0 Å². The van der Waals surface area contributed by atoms with E-state index in [1.165, 1.54) is 12.5 Å². The number of hydrogen-bond acceptors (Lipinski definition) is 7. The number of rotatable bonds is 11. The minimum Gasteiger partial charge on any atom is -0.453 e. The van der Waals surface area contributed by atoms with E-state index in [0.29, 0.717) is 49.5 Å². The van der Waals surface area contributed by atoms with E-state index in [1.54, 1.807) is 0 Å². The highest BCUT2D eigenvalue weighted by molar-refractivity contribution is 6.18. The fraction of sp³-hybridized carbons (Fsp3) is 0.657. The van der Waals surface area contributed by atoms with Crippen LogP contribution in [-0.2, 0) is 35.1 Å². The highest BCUT2D eigenvalue weighted by atomic mass is 35.5. The van der Waals surface area contributed by atoms with Crippen molar-refractivity contribution in [3.8, 4) is 0 Å². The first kappa shape index (κ1) is 33.0. The molecule has 44 heavy (non-hydrogen) atoms. The van der Waals surface area contributed by atoms with Crippen LogP contribution in [0.3, 0.4) is 0 Å². The number of benzene rings is 1. The second-order valence-electron chi connectivity index (χ2n) is 13.7. The Morgan fingerprint density at radius 3 is 2.25 bits per heavy atom. The third kappa shape index (κ3) is 5.95. The molecule has 0 aliphatic heterocycles. The third-order valence-corrected chi connectivity index (χ3v) is 12.0. The molecule has 0 radical (unpaired) electrons. The summed E-state index contributed by atoms with van der Waals surface area (Å²) in [7, 11) is 0. The van der Waals surface area contributed by atoms with E-state index in [2.05, 4.69) is 18.7 Å². The maximum absolute atomic E-state index is 13.3. The molecule has 4 aliphatic carbocycles. The molecule has 0 bridgehead atoms. The number of halogens is 2. The maximum atomic E-state index is 13.3. The van der Waals surface area contributed by atoms with Gasteiger partial charge in [0.05, 0.1) is 6.42 Å². The Kier molecular flexibility index (Phi) is 9.87. The van der Waals surface area contributed by atoms with E-state index in [-0.39, 0.29) is 29.3 Å². The average Bonchev–Trinajstić information content (AvgIpc) is 3.29. The zero-order valence-corrected chi connectivity index (χ0v) is 27.7. The number of alkyl halides is 2. The molecule has 3 saturated carbocycles. The van der Waals surface area contributed by atoms with Gasteiger partial charge in [-0.15, -0.1) is 23.2 Å². The largest absolute Gasteiger partial charge is 0.453 e. The Labute approximate surface area is 271 Å². The molecular formula is C35H45Cl2NO6. The summed E-state index contributed by atoms with van der Waals surface area (Å²) < 4.78 is 11.4. The number of esters is 2. The SMILES string of the molecule is CC(=O)[C@@]1(OC(=O)COC(=O)Cc2ccc(N(CCCl)CCCl)cc2)CC[C@H]2[C@@H]3CCC4=CC(=O)CC[C@]4(C)[C@H]3CC[C@@]21C. The van der Waals surface area contributed by atoms with Crippen molar-refractivity contribution in [1.82, 2.24) is 0 Å². The second kappa shape index (κ2) is 13.2. The Hall–Kier alpha value is -2.38. The summed E-state index contributed by atoms with van der Waals surface area (Å²) in [5, 5.41) is 0. The lowest BCUT2D eigenvalue weighted by Crippen LogP contribution is -2.59. The van der Waals surface area contributed by atoms with Crippen LogP contribution >= 0.6 is 23.2 Å². The number of carbonyl (C=O) groups is 4. The smallest absolute Gasteiger partial charge is 0.345 e. The molecule has 3 fully saturated rings. The lowest BCUT2D eigenvalue weighted by Gasteiger charge is -2.59. The van der Waals surface area contributed by atoms with Gasteiger partial charge >= 0.3 is 11.9 Å². The summed E-state index contributed by atoms with van der Waals surface area (Å²) in [4.78, 5) is 53.4. The van der Waals surface area contributed by atoms with Gasteiger partial charge in [-0.05, 0) is 98.8 Å². The number of nitrogens with zero attached hydrogens (tertiary/aromatic N) is 1. The predicted octanol–water partition coefficient (Wildman–Crippen LogP) is 6.46. The van der Waals surface area contributed by atoms with E-state index in [9.17, 15) is 19.2 Å². The van der Waals surface area contributed by atoms with Crippen LogP contribution in [0.2, 0.25) is 0 Å². The highest BCUT2D eigenvalue weighted by Gasteiger charge is 2.67. The van der Waals surface area contributed by atoms with Gasteiger partial charge in [-0.25, -0.2) is 4.79 Å². The number of ether oxygens (including phenoxy) is 2. The van der Waals surface area contributed by atoms with E-state index in [0.717, 1.165) is 49.8 Å². The van der Waals surface area contributed by atoms with Gasteiger partial charge in [-0.3, -0.25) is 14.4 Å². The van der Waals surface area contributed by atoms with Crippen LogP contribution in [0, 0.1) is 28.6 Å². The number of carbonyl (C=O) groups excluding carboxylic acids is 4. The third-order valence-electron chi connectivity index (χ3n) is 11.6. The van der Waals surface area contributed by atoms with Crippen molar-refractivity contribution in [2.45, 2.75) is 84.2 Å². The summed E-state index contributed by atoms with van der Waals surface area (Å²) in [6, 6.07) is 7.52. The molecule has 7 nitrogen and oxygen atoms in total. The Balaban J connectivity index is 1.21. The maximum Gasteiger partial charge on any atom is 0.345 e. The van der Waals surface area contributed by atoms with Gasteiger partial charge in [0, 0.05) is 42.4 Å². The minimum absolute atomic E-state index is 0.0140. The Bertz CT molecular complexity index is 1310. The molecule has 0 spiro atoms. The van der Waals surface area contributed by atoms with Gasteiger partial charge in [0.2, 0.25) is 0 Å². The van der Waals surface area contributed by atoms with E-state index < -0.39 is 29.6 Å². The average molecular weight is 647 g/mol. The first-order chi connectivity index (χ1) is 21.0. The van der Waals surface area contributed by atoms with Gasteiger partial charge in [0.15, 0.2) is 23.8 Å². The number of hydrogen-bond donors (Lipinski definition) is 0. The van der Waals surface area contributed by atoms with Crippen molar-refractivity contribution < 1.29 is 28.7 Å².